The third-order valence-corrected chi connectivity index (χ3v) is 17.4. The van der Waals surface area contributed by atoms with Crippen molar-refractivity contribution in [2.75, 3.05) is 9.80 Å². The van der Waals surface area contributed by atoms with E-state index in [2.05, 4.69) is 228 Å². The minimum atomic E-state index is -0.0966. The van der Waals surface area contributed by atoms with Crippen LogP contribution in [0.25, 0.3) is 0 Å². The first-order chi connectivity index (χ1) is 30.0. The monoisotopic (exact) mass is 877 g/mol. The lowest BCUT2D eigenvalue weighted by Crippen LogP contribution is -2.62. The van der Waals surface area contributed by atoms with Crippen molar-refractivity contribution in [3.63, 3.8) is 0 Å². The van der Waals surface area contributed by atoms with Gasteiger partial charge in [-0.1, -0.05) is 170 Å². The molecule has 0 saturated heterocycles. The minimum absolute atomic E-state index is 0.0274. The zero-order valence-electron chi connectivity index (χ0n) is 45.0. The molecule has 3 heteroatoms. The Bertz CT molecular complexity index is 2880. The van der Waals surface area contributed by atoms with Crippen LogP contribution in [0.15, 0.2) is 72.8 Å². The quantitative estimate of drug-likeness (QED) is 0.160. The van der Waals surface area contributed by atoms with Crippen LogP contribution in [0.5, 0.6) is 0 Å². The molecule has 0 atom stereocenters. The van der Waals surface area contributed by atoms with Crippen LogP contribution in [0.1, 0.15) is 215 Å². The van der Waals surface area contributed by atoms with Crippen molar-refractivity contribution in [3.8, 4) is 0 Å². The maximum absolute atomic E-state index is 2.74. The lowest BCUT2D eigenvalue weighted by molar-refractivity contribution is 0.403. The molecule has 5 aromatic rings. The van der Waals surface area contributed by atoms with Crippen molar-refractivity contribution in [1.29, 1.82) is 0 Å². The topological polar surface area (TPSA) is 6.48 Å². The van der Waals surface area contributed by atoms with E-state index in [1.165, 1.54) is 101 Å². The molecule has 0 aromatic heterocycles. The summed E-state index contributed by atoms with van der Waals surface area (Å²) in [5.74, 6) is 0. The zero-order valence-corrected chi connectivity index (χ0v) is 45.0. The van der Waals surface area contributed by atoms with E-state index in [1.54, 1.807) is 0 Å². The molecule has 0 unspecified atom stereocenters. The van der Waals surface area contributed by atoms with Crippen molar-refractivity contribution >= 4 is 57.2 Å². The first kappa shape index (κ1) is 45.5. The second-order valence-corrected chi connectivity index (χ2v) is 29.0. The molecule has 0 amide bonds. The molecule has 0 spiro atoms. The second kappa shape index (κ2) is 13.3. The summed E-state index contributed by atoms with van der Waals surface area (Å²) in [6.07, 6.45) is 3.42. The van der Waals surface area contributed by atoms with Crippen LogP contribution >= 0.6 is 0 Å². The molecule has 3 aliphatic carbocycles. The molecular formula is C63H81BN2. The molecule has 0 bridgehead atoms. The standard InChI is InChI=1S/C63H81BN2/c1-55(2,3)37-24-38(56(4,5)6)26-41(25-37)66-51-33-47-45(61(16,17)36-63(47,20)21)31-49(51)64-48-30-44-46(62(18,19)35-60(44,14)15)32-50(48)65(52-27-39(57(7,8)9)28-53(66)54(52)64)40-22-23-42-43(29-40)59(12,13)34-58(42,10)11/h22-33H,34-36H2,1-21H3. The van der Waals surface area contributed by atoms with Crippen LogP contribution in [-0.4, -0.2) is 6.71 Å². The van der Waals surface area contributed by atoms with Crippen molar-refractivity contribution in [2.24, 2.45) is 0 Å². The van der Waals surface area contributed by atoms with Gasteiger partial charge in [0, 0.05) is 34.1 Å². The van der Waals surface area contributed by atoms with Crippen molar-refractivity contribution < 1.29 is 0 Å². The van der Waals surface area contributed by atoms with Crippen molar-refractivity contribution in [1.82, 2.24) is 0 Å². The summed E-state index contributed by atoms with van der Waals surface area (Å²) in [6, 6.07) is 31.1. The summed E-state index contributed by atoms with van der Waals surface area (Å²) in [5, 5.41) is 0. The van der Waals surface area contributed by atoms with Gasteiger partial charge in [0.15, 0.2) is 0 Å². The first-order valence-electron chi connectivity index (χ1n) is 25.5. The van der Waals surface area contributed by atoms with Gasteiger partial charge in [-0.15, -0.1) is 0 Å². The Labute approximate surface area is 401 Å². The van der Waals surface area contributed by atoms with Gasteiger partial charge in [0.2, 0.25) is 0 Å². The van der Waals surface area contributed by atoms with Crippen molar-refractivity contribution in [2.45, 2.75) is 213 Å². The third-order valence-electron chi connectivity index (χ3n) is 17.4. The Hall–Kier alpha value is -4.24. The minimum Gasteiger partial charge on any atom is -0.311 e. The normalized spacial score (nSPS) is 21.0. The number of hydrogen-bond acceptors (Lipinski definition) is 2. The highest BCUT2D eigenvalue weighted by molar-refractivity contribution is 7.00. The van der Waals surface area contributed by atoms with E-state index in [0.29, 0.717) is 0 Å². The van der Waals surface area contributed by atoms with Gasteiger partial charge >= 0.3 is 0 Å². The number of benzene rings is 5. The lowest BCUT2D eigenvalue weighted by atomic mass is 9.33. The maximum Gasteiger partial charge on any atom is 0.252 e. The predicted octanol–water partition coefficient (Wildman–Crippen LogP) is 15.5. The molecule has 0 radical (unpaired) electrons. The molecule has 0 fully saturated rings. The number of fused-ring (bicyclic) bond motifs is 7. The molecule has 10 rings (SSSR count). The van der Waals surface area contributed by atoms with Crippen LogP contribution in [0.2, 0.25) is 0 Å². The number of nitrogens with zero attached hydrogens (tertiary/aromatic N) is 2. The Morgan fingerprint density at radius 2 is 0.682 bits per heavy atom. The summed E-state index contributed by atoms with van der Waals surface area (Å²) in [5.41, 5.74) is 25.7. The van der Waals surface area contributed by atoms with Gasteiger partial charge < -0.3 is 9.80 Å². The molecule has 2 heterocycles. The Morgan fingerprint density at radius 3 is 1.08 bits per heavy atom. The zero-order chi connectivity index (χ0) is 48.2. The van der Waals surface area contributed by atoms with Crippen molar-refractivity contribution in [3.05, 3.63) is 123 Å². The molecule has 0 saturated carbocycles. The van der Waals surface area contributed by atoms with Crippen LogP contribution in [0.3, 0.4) is 0 Å². The fourth-order valence-corrected chi connectivity index (χ4v) is 14.6. The molecule has 346 valence electrons. The number of rotatable bonds is 2. The summed E-state index contributed by atoms with van der Waals surface area (Å²) in [6.45, 7) is 51.4. The third kappa shape index (κ3) is 6.61. The van der Waals surface area contributed by atoms with Gasteiger partial charge in [0.25, 0.3) is 6.71 Å². The van der Waals surface area contributed by atoms with E-state index in [-0.39, 0.29) is 55.4 Å². The van der Waals surface area contributed by atoms with Gasteiger partial charge in [-0.3, -0.25) is 0 Å². The van der Waals surface area contributed by atoms with E-state index >= 15 is 0 Å². The van der Waals surface area contributed by atoms with Crippen LogP contribution in [0.4, 0.5) is 34.1 Å². The Balaban J connectivity index is 1.39. The molecule has 5 aromatic carbocycles. The summed E-state index contributed by atoms with van der Waals surface area (Å²) in [4.78, 5) is 5.48. The van der Waals surface area contributed by atoms with Crippen LogP contribution < -0.4 is 26.2 Å². The average Bonchev–Trinajstić information content (AvgIpc) is 3.57. The largest absolute Gasteiger partial charge is 0.311 e. The molecule has 5 aliphatic rings. The second-order valence-electron chi connectivity index (χ2n) is 29.0. The van der Waals surface area contributed by atoms with Gasteiger partial charge in [0.1, 0.15) is 0 Å². The van der Waals surface area contributed by atoms with E-state index in [1.807, 2.05) is 0 Å². The summed E-state index contributed by atoms with van der Waals surface area (Å²) < 4.78 is 0. The number of hydrogen-bond donors (Lipinski definition) is 0. The summed E-state index contributed by atoms with van der Waals surface area (Å²) >= 11 is 0. The smallest absolute Gasteiger partial charge is 0.252 e. The molecule has 2 aliphatic heterocycles. The highest BCUT2D eigenvalue weighted by Gasteiger charge is 2.51. The molecule has 2 nitrogen and oxygen atoms in total. The van der Waals surface area contributed by atoms with E-state index < -0.39 is 0 Å². The maximum atomic E-state index is 2.74. The SMILES string of the molecule is CC(C)(C)c1cc(N2c3cc4c(cc3B3c5cc6c(cc5N(c5ccc7c(c5)C(C)(C)CC7(C)C)c5cc(C(C)(C)C)cc2c53)C(C)(C)CC6(C)C)C(C)(C)CC4(C)C)cc(C(C)(C)C)c1. The van der Waals surface area contributed by atoms with Crippen LogP contribution in [0, 0.1) is 0 Å². The fourth-order valence-electron chi connectivity index (χ4n) is 14.6. The van der Waals surface area contributed by atoms with E-state index in [9.17, 15) is 0 Å². The highest BCUT2D eigenvalue weighted by atomic mass is 15.2. The van der Waals surface area contributed by atoms with Gasteiger partial charge in [-0.2, -0.15) is 0 Å². The molecule has 0 N–H and O–H groups in total. The lowest BCUT2D eigenvalue weighted by Gasteiger charge is -2.46. The van der Waals surface area contributed by atoms with E-state index in [0.717, 1.165) is 19.3 Å². The predicted molar refractivity (Wildman–Crippen MR) is 289 cm³/mol. The molecule has 66 heavy (non-hydrogen) atoms. The van der Waals surface area contributed by atoms with Gasteiger partial charge in [-0.25, -0.2) is 0 Å². The Kier molecular flexibility index (Phi) is 9.17. The fraction of sp³-hybridized carbons (Fsp3) is 0.524. The van der Waals surface area contributed by atoms with Gasteiger partial charge in [0.05, 0.1) is 0 Å². The van der Waals surface area contributed by atoms with E-state index in [4.69, 9.17) is 0 Å². The summed E-state index contributed by atoms with van der Waals surface area (Å²) in [7, 11) is 0. The van der Waals surface area contributed by atoms with Crippen LogP contribution in [-0.2, 0) is 48.7 Å². The highest BCUT2D eigenvalue weighted by Crippen LogP contribution is 2.57. The molecular weight excluding hydrogens is 796 g/mol. The first-order valence-corrected chi connectivity index (χ1v) is 25.5. The Morgan fingerprint density at radius 1 is 0.348 bits per heavy atom. The van der Waals surface area contributed by atoms with Gasteiger partial charge in [-0.05, 0) is 183 Å². The number of anilines is 6. The average molecular weight is 877 g/mol.